The Kier molecular flexibility index (Phi) is 5.17. The number of likely N-dealkylation sites (N-methyl/N-ethyl adjacent to an activating group) is 1. The first-order chi connectivity index (χ1) is 9.66. The smallest absolute Gasteiger partial charge is 0.274 e. The molecule has 0 aliphatic rings. The summed E-state index contributed by atoms with van der Waals surface area (Å²) in [4.78, 5) is 8.95. The highest BCUT2D eigenvalue weighted by Gasteiger charge is 2.32. The van der Waals surface area contributed by atoms with E-state index in [-0.39, 0.29) is 0 Å². The number of aliphatic hydroxyl groups is 1. The van der Waals surface area contributed by atoms with Gasteiger partial charge in [-0.05, 0) is 6.92 Å². The average molecular weight is 322 g/mol. The molecule has 0 aliphatic heterocycles. The van der Waals surface area contributed by atoms with Gasteiger partial charge in [0.15, 0.2) is 5.82 Å². The molecular formula is C10H15FN4O5S. The number of nitrogen functional groups attached to an aromatic ring is 1. The molecule has 0 bridgehead atoms. The number of nitrogens with two attached hydrogens (primary N) is 1. The van der Waals surface area contributed by atoms with Crippen LogP contribution in [0.4, 0.5) is 15.8 Å². The number of sulfonamides is 1. The predicted octanol–water partition coefficient (Wildman–Crippen LogP) is 0.0208. The van der Waals surface area contributed by atoms with Gasteiger partial charge in [-0.2, -0.15) is 4.31 Å². The lowest BCUT2D eigenvalue weighted by atomic mass is 10.3. The largest absolute Gasteiger partial charge is 0.395 e. The van der Waals surface area contributed by atoms with Crippen LogP contribution in [0, 0.1) is 15.9 Å². The molecule has 0 heterocycles. The number of rotatable bonds is 6. The molecular weight excluding hydrogens is 307 g/mol. The van der Waals surface area contributed by atoms with Gasteiger partial charge >= 0.3 is 0 Å². The number of nitro groups is 1. The number of non-ortho nitro benzene ring substituents is 1. The van der Waals surface area contributed by atoms with Crippen LogP contribution in [0.1, 0.15) is 6.92 Å². The van der Waals surface area contributed by atoms with Gasteiger partial charge in [-0.1, -0.05) is 0 Å². The normalized spacial score (nSPS) is 13.2. The number of halogens is 1. The minimum absolute atomic E-state index is 0.446. The third-order valence-corrected chi connectivity index (χ3v) is 4.97. The number of hydrogen-bond donors (Lipinski definition) is 3. The third kappa shape index (κ3) is 3.26. The summed E-state index contributed by atoms with van der Waals surface area (Å²) in [5, 5.41) is 19.6. The quantitative estimate of drug-likeness (QED) is 0.381. The zero-order valence-electron chi connectivity index (χ0n) is 11.3. The number of anilines is 1. The van der Waals surface area contributed by atoms with Crippen LogP contribution in [0.2, 0.25) is 0 Å². The number of nitro benzene ring substituents is 1. The van der Waals surface area contributed by atoms with E-state index in [1.54, 1.807) is 0 Å². The number of hydrazine groups is 1. The molecule has 0 fully saturated rings. The van der Waals surface area contributed by atoms with Gasteiger partial charge in [-0.3, -0.25) is 16.0 Å². The van der Waals surface area contributed by atoms with E-state index in [2.05, 4.69) is 0 Å². The van der Waals surface area contributed by atoms with Crippen molar-refractivity contribution in [3.05, 3.63) is 28.1 Å². The number of benzene rings is 1. The van der Waals surface area contributed by atoms with E-state index in [1.807, 2.05) is 5.43 Å². The Balaban J connectivity index is 3.52. The summed E-state index contributed by atoms with van der Waals surface area (Å²) in [6.07, 6.45) is 0. The van der Waals surface area contributed by atoms with Gasteiger partial charge in [-0.25, -0.2) is 12.8 Å². The van der Waals surface area contributed by atoms with Crippen molar-refractivity contribution in [1.82, 2.24) is 4.31 Å². The van der Waals surface area contributed by atoms with Crippen LogP contribution >= 0.6 is 0 Å². The molecule has 1 atom stereocenters. The highest BCUT2D eigenvalue weighted by molar-refractivity contribution is 7.89. The topological polar surface area (TPSA) is 139 Å². The van der Waals surface area contributed by atoms with Gasteiger partial charge in [0.25, 0.3) is 5.69 Å². The molecule has 21 heavy (non-hydrogen) atoms. The molecule has 118 valence electrons. The van der Waals surface area contributed by atoms with Gasteiger partial charge in [0, 0.05) is 19.2 Å². The number of hydrogen-bond acceptors (Lipinski definition) is 7. The lowest BCUT2D eigenvalue weighted by Gasteiger charge is -2.23. The molecule has 1 aromatic rings. The first-order valence-corrected chi connectivity index (χ1v) is 7.14. The maximum absolute atomic E-state index is 14.0. The highest BCUT2D eigenvalue weighted by Crippen LogP contribution is 2.31. The van der Waals surface area contributed by atoms with Crippen molar-refractivity contribution in [1.29, 1.82) is 0 Å². The number of aliphatic hydroxyl groups excluding tert-OH is 1. The van der Waals surface area contributed by atoms with E-state index in [4.69, 9.17) is 10.9 Å². The summed E-state index contributed by atoms with van der Waals surface area (Å²) < 4.78 is 39.4. The summed E-state index contributed by atoms with van der Waals surface area (Å²) in [7, 11) is -3.18. The van der Waals surface area contributed by atoms with Crippen LogP contribution in [0.25, 0.3) is 0 Å². The van der Waals surface area contributed by atoms with Gasteiger partial charge in [0.1, 0.15) is 4.90 Å². The molecule has 0 saturated heterocycles. The Morgan fingerprint density at radius 3 is 2.57 bits per heavy atom. The van der Waals surface area contributed by atoms with Crippen LogP contribution in [0.5, 0.6) is 0 Å². The maximum Gasteiger partial charge on any atom is 0.274 e. The summed E-state index contributed by atoms with van der Waals surface area (Å²) in [5.74, 6) is 3.81. The molecule has 0 saturated carbocycles. The highest BCUT2D eigenvalue weighted by atomic mass is 32.2. The lowest BCUT2D eigenvalue weighted by molar-refractivity contribution is -0.385. The molecule has 1 rings (SSSR count). The van der Waals surface area contributed by atoms with Crippen LogP contribution in [0.15, 0.2) is 17.0 Å². The fourth-order valence-electron chi connectivity index (χ4n) is 1.55. The Bertz CT molecular complexity index is 651. The Hall–Kier alpha value is -1.82. The molecule has 4 N–H and O–H groups in total. The van der Waals surface area contributed by atoms with Crippen LogP contribution in [0.3, 0.4) is 0 Å². The Morgan fingerprint density at radius 1 is 1.57 bits per heavy atom. The zero-order valence-corrected chi connectivity index (χ0v) is 12.1. The SMILES string of the molecule is CC(CO)N(C)S(=O)(=O)c1c(F)cc([N+](=O)[O-])cc1NN. The standard InChI is InChI=1S/C10H15FN4O5S/c1-6(5-16)14(2)21(19,20)10-8(11)3-7(15(17)18)4-9(10)13-12/h3-4,6,13,16H,5,12H2,1-2H3. The molecule has 0 aromatic heterocycles. The molecule has 0 aliphatic carbocycles. The average Bonchev–Trinajstić information content (AvgIpc) is 2.43. The second-order valence-corrected chi connectivity index (χ2v) is 6.19. The van der Waals surface area contributed by atoms with Crippen LogP contribution in [-0.4, -0.2) is 42.4 Å². The molecule has 1 aromatic carbocycles. The first kappa shape index (κ1) is 17.2. The third-order valence-electron chi connectivity index (χ3n) is 2.92. The number of nitrogens with one attached hydrogen (secondary N) is 1. The van der Waals surface area contributed by atoms with Crippen LogP contribution in [-0.2, 0) is 10.0 Å². The Labute approximate surface area is 120 Å². The van der Waals surface area contributed by atoms with Gasteiger partial charge < -0.3 is 10.5 Å². The van der Waals surface area contributed by atoms with E-state index in [1.165, 1.54) is 6.92 Å². The van der Waals surface area contributed by atoms with E-state index in [9.17, 15) is 22.9 Å². The van der Waals surface area contributed by atoms with Crippen molar-refractivity contribution < 1.29 is 22.8 Å². The summed E-state index contributed by atoms with van der Waals surface area (Å²) in [5.41, 5.74) is 0.850. The molecule has 1 unspecified atom stereocenters. The van der Waals surface area contributed by atoms with Crippen molar-refractivity contribution in [3.8, 4) is 0 Å². The van der Waals surface area contributed by atoms with E-state index < -0.39 is 49.7 Å². The van der Waals surface area contributed by atoms with Crippen molar-refractivity contribution >= 4 is 21.4 Å². The molecule has 11 heteroatoms. The van der Waals surface area contributed by atoms with E-state index >= 15 is 0 Å². The minimum atomic E-state index is -4.33. The van der Waals surface area contributed by atoms with Crippen molar-refractivity contribution in [2.75, 3.05) is 19.1 Å². The maximum atomic E-state index is 14.0. The van der Waals surface area contributed by atoms with Crippen molar-refractivity contribution in [3.63, 3.8) is 0 Å². The summed E-state index contributed by atoms with van der Waals surface area (Å²) in [6.45, 7) is 0.937. The summed E-state index contributed by atoms with van der Waals surface area (Å²) >= 11 is 0. The van der Waals surface area contributed by atoms with Gasteiger partial charge in [0.05, 0.1) is 23.3 Å². The molecule has 9 nitrogen and oxygen atoms in total. The number of nitrogens with zero attached hydrogens (tertiary/aromatic N) is 2. The molecule has 0 spiro atoms. The predicted molar refractivity (Wildman–Crippen MR) is 72.4 cm³/mol. The fraction of sp³-hybridized carbons (Fsp3) is 0.400. The molecule has 0 amide bonds. The minimum Gasteiger partial charge on any atom is -0.395 e. The lowest BCUT2D eigenvalue weighted by Crippen LogP contribution is -2.38. The molecule has 0 radical (unpaired) electrons. The Morgan fingerprint density at radius 2 is 2.14 bits per heavy atom. The first-order valence-electron chi connectivity index (χ1n) is 5.70. The van der Waals surface area contributed by atoms with Crippen molar-refractivity contribution in [2.45, 2.75) is 17.9 Å². The van der Waals surface area contributed by atoms with E-state index in [0.29, 0.717) is 6.07 Å². The van der Waals surface area contributed by atoms with Gasteiger partial charge in [-0.15, -0.1) is 0 Å². The monoisotopic (exact) mass is 322 g/mol. The fourth-order valence-corrected chi connectivity index (χ4v) is 3.08. The van der Waals surface area contributed by atoms with Crippen molar-refractivity contribution in [2.24, 2.45) is 5.84 Å². The second-order valence-electron chi connectivity index (χ2n) is 4.26. The summed E-state index contributed by atoms with van der Waals surface area (Å²) in [6, 6.07) is 0.494. The van der Waals surface area contributed by atoms with Crippen LogP contribution < -0.4 is 11.3 Å². The van der Waals surface area contributed by atoms with Gasteiger partial charge in [0.2, 0.25) is 10.0 Å². The second kappa shape index (κ2) is 6.30. The zero-order chi connectivity index (χ0) is 16.4. The van der Waals surface area contributed by atoms with E-state index in [0.717, 1.165) is 17.4 Å².